The highest BCUT2D eigenvalue weighted by molar-refractivity contribution is 4.76. The van der Waals surface area contributed by atoms with Gasteiger partial charge in [0.25, 0.3) is 0 Å². The van der Waals surface area contributed by atoms with E-state index < -0.39 is 0 Å². The van der Waals surface area contributed by atoms with E-state index in [-0.39, 0.29) is 5.60 Å². The molecule has 2 nitrogen and oxygen atoms in total. The van der Waals surface area contributed by atoms with Gasteiger partial charge in [-0.2, -0.15) is 0 Å². The fourth-order valence-corrected chi connectivity index (χ4v) is 0.798. The molecule has 0 aliphatic rings. The summed E-state index contributed by atoms with van der Waals surface area (Å²) in [6, 6.07) is 0. The van der Waals surface area contributed by atoms with Crippen LogP contribution in [0.3, 0.4) is 0 Å². The first kappa shape index (κ1) is 9.92. The molecule has 10 heavy (non-hydrogen) atoms. The van der Waals surface area contributed by atoms with Crippen LogP contribution < -0.4 is 5.73 Å². The number of ether oxygens (including phenoxy) is 1. The minimum atomic E-state index is -0.0660. The van der Waals surface area contributed by atoms with Gasteiger partial charge in [0.2, 0.25) is 0 Å². The van der Waals surface area contributed by atoms with Crippen molar-refractivity contribution >= 4 is 0 Å². The summed E-state index contributed by atoms with van der Waals surface area (Å²) < 4.78 is 5.50. The van der Waals surface area contributed by atoms with Crippen molar-refractivity contribution in [3.8, 4) is 0 Å². The Kier molecular flexibility index (Phi) is 3.91. The predicted molar refractivity (Wildman–Crippen MR) is 43.9 cm³/mol. The van der Waals surface area contributed by atoms with Crippen molar-refractivity contribution in [3.05, 3.63) is 0 Å². The minimum Gasteiger partial charge on any atom is -0.376 e. The van der Waals surface area contributed by atoms with E-state index in [0.29, 0.717) is 12.5 Å². The number of nitrogens with two attached hydrogens (primary N) is 1. The monoisotopic (exact) mass is 145 g/mol. The summed E-state index contributed by atoms with van der Waals surface area (Å²) in [5, 5.41) is 0. The molecule has 0 saturated carbocycles. The Morgan fingerprint density at radius 3 is 2.30 bits per heavy atom. The van der Waals surface area contributed by atoms with Crippen molar-refractivity contribution in [2.24, 2.45) is 11.7 Å². The van der Waals surface area contributed by atoms with Crippen LogP contribution in [0.5, 0.6) is 0 Å². The Labute approximate surface area is 63.7 Å². The highest BCUT2D eigenvalue weighted by atomic mass is 16.5. The maximum Gasteiger partial charge on any atom is 0.0663 e. The fraction of sp³-hybridized carbons (Fsp3) is 1.00. The third kappa shape index (κ3) is 2.67. The number of rotatable bonds is 4. The van der Waals surface area contributed by atoms with Crippen molar-refractivity contribution in [2.75, 3.05) is 13.2 Å². The quantitative estimate of drug-likeness (QED) is 0.649. The van der Waals surface area contributed by atoms with Gasteiger partial charge >= 0.3 is 0 Å². The van der Waals surface area contributed by atoms with Crippen molar-refractivity contribution in [1.82, 2.24) is 0 Å². The van der Waals surface area contributed by atoms with Crippen molar-refractivity contribution in [3.63, 3.8) is 0 Å². The molecule has 0 saturated heterocycles. The lowest BCUT2D eigenvalue weighted by Gasteiger charge is -2.30. The van der Waals surface area contributed by atoms with E-state index in [2.05, 4.69) is 20.8 Å². The Morgan fingerprint density at radius 1 is 1.50 bits per heavy atom. The zero-order chi connectivity index (χ0) is 8.20. The van der Waals surface area contributed by atoms with Gasteiger partial charge in [0.1, 0.15) is 0 Å². The van der Waals surface area contributed by atoms with Crippen LogP contribution in [0.25, 0.3) is 0 Å². The molecule has 0 aromatic heterocycles. The van der Waals surface area contributed by atoms with Crippen LogP contribution in [0.4, 0.5) is 0 Å². The van der Waals surface area contributed by atoms with Gasteiger partial charge < -0.3 is 10.5 Å². The SMILES string of the molecule is CCOC(C)(C)C(C)CN. The fourth-order valence-electron chi connectivity index (χ4n) is 0.798. The normalized spacial score (nSPS) is 15.3. The summed E-state index contributed by atoms with van der Waals surface area (Å²) in [6.45, 7) is 9.72. The molecule has 2 N–H and O–H groups in total. The average molecular weight is 145 g/mol. The van der Waals surface area contributed by atoms with Crippen LogP contribution in [-0.4, -0.2) is 18.8 Å². The Hall–Kier alpha value is -0.0800. The third-order valence-corrected chi connectivity index (χ3v) is 2.06. The molecule has 0 aliphatic carbocycles. The smallest absolute Gasteiger partial charge is 0.0663 e. The van der Waals surface area contributed by atoms with E-state index >= 15 is 0 Å². The third-order valence-electron chi connectivity index (χ3n) is 2.06. The van der Waals surface area contributed by atoms with E-state index in [1.54, 1.807) is 0 Å². The van der Waals surface area contributed by atoms with Crippen LogP contribution in [-0.2, 0) is 4.74 Å². The lowest BCUT2D eigenvalue weighted by molar-refractivity contribution is -0.0463. The van der Waals surface area contributed by atoms with E-state index in [1.165, 1.54) is 0 Å². The van der Waals surface area contributed by atoms with E-state index in [1.807, 2.05) is 6.92 Å². The molecule has 1 atom stereocenters. The molecule has 0 spiro atoms. The van der Waals surface area contributed by atoms with Crippen LogP contribution >= 0.6 is 0 Å². The zero-order valence-electron chi connectivity index (χ0n) is 7.48. The molecule has 0 fully saturated rings. The summed E-state index contributed by atoms with van der Waals surface area (Å²) in [6.07, 6.45) is 0. The minimum absolute atomic E-state index is 0.0660. The molecule has 0 radical (unpaired) electrons. The molecule has 0 aliphatic heterocycles. The van der Waals surface area contributed by atoms with Crippen LogP contribution in [0.2, 0.25) is 0 Å². The number of hydrogen-bond acceptors (Lipinski definition) is 2. The molecule has 1 unspecified atom stereocenters. The van der Waals surface area contributed by atoms with E-state index in [0.717, 1.165) is 6.61 Å². The first-order chi connectivity index (χ1) is 4.54. The average Bonchev–Trinajstić information content (AvgIpc) is 1.86. The molecular weight excluding hydrogens is 126 g/mol. The van der Waals surface area contributed by atoms with Gasteiger partial charge in [0.05, 0.1) is 5.60 Å². The summed E-state index contributed by atoms with van der Waals surface area (Å²) in [4.78, 5) is 0. The zero-order valence-corrected chi connectivity index (χ0v) is 7.48. The topological polar surface area (TPSA) is 35.2 Å². The van der Waals surface area contributed by atoms with Gasteiger partial charge in [-0.1, -0.05) is 6.92 Å². The lowest BCUT2D eigenvalue weighted by atomic mass is 9.93. The maximum atomic E-state index is 5.51. The lowest BCUT2D eigenvalue weighted by Crippen LogP contribution is -2.37. The summed E-state index contributed by atoms with van der Waals surface area (Å²) in [5.74, 6) is 0.424. The summed E-state index contributed by atoms with van der Waals surface area (Å²) >= 11 is 0. The maximum absolute atomic E-state index is 5.51. The van der Waals surface area contributed by atoms with Crippen molar-refractivity contribution in [2.45, 2.75) is 33.3 Å². The highest BCUT2D eigenvalue weighted by Gasteiger charge is 2.24. The molecule has 0 aromatic rings. The standard InChI is InChI=1S/C8H19NO/c1-5-10-8(3,4)7(2)6-9/h7H,5-6,9H2,1-4H3. The van der Waals surface area contributed by atoms with Crippen molar-refractivity contribution < 1.29 is 4.74 Å². The highest BCUT2D eigenvalue weighted by Crippen LogP contribution is 2.19. The van der Waals surface area contributed by atoms with E-state index in [9.17, 15) is 0 Å². The number of hydrogen-bond donors (Lipinski definition) is 1. The van der Waals surface area contributed by atoms with Gasteiger partial charge in [0.15, 0.2) is 0 Å². The Bertz CT molecular complexity index is 91.3. The van der Waals surface area contributed by atoms with Crippen LogP contribution in [0, 0.1) is 5.92 Å². The van der Waals surface area contributed by atoms with Crippen molar-refractivity contribution in [1.29, 1.82) is 0 Å². The van der Waals surface area contributed by atoms with Crippen LogP contribution in [0.15, 0.2) is 0 Å². The van der Waals surface area contributed by atoms with Crippen LogP contribution in [0.1, 0.15) is 27.7 Å². The predicted octanol–water partition coefficient (Wildman–Crippen LogP) is 1.40. The molecule has 0 rings (SSSR count). The van der Waals surface area contributed by atoms with Gasteiger partial charge in [0, 0.05) is 6.61 Å². The molecule has 2 heteroatoms. The Balaban J connectivity index is 3.82. The van der Waals surface area contributed by atoms with Gasteiger partial charge in [-0.15, -0.1) is 0 Å². The van der Waals surface area contributed by atoms with Gasteiger partial charge in [-0.3, -0.25) is 0 Å². The summed E-state index contributed by atoms with van der Waals surface area (Å²) in [5.41, 5.74) is 5.44. The largest absolute Gasteiger partial charge is 0.376 e. The second-order valence-corrected chi connectivity index (χ2v) is 3.17. The van der Waals surface area contributed by atoms with E-state index in [4.69, 9.17) is 10.5 Å². The van der Waals surface area contributed by atoms with Gasteiger partial charge in [-0.25, -0.2) is 0 Å². The second-order valence-electron chi connectivity index (χ2n) is 3.17. The molecule has 0 bridgehead atoms. The molecule has 0 heterocycles. The first-order valence-electron chi connectivity index (χ1n) is 3.88. The molecule has 62 valence electrons. The second kappa shape index (κ2) is 3.94. The van der Waals surface area contributed by atoms with Gasteiger partial charge in [-0.05, 0) is 33.2 Å². The Morgan fingerprint density at radius 2 is 2.00 bits per heavy atom. The molecular formula is C8H19NO. The molecule has 0 amide bonds. The first-order valence-corrected chi connectivity index (χ1v) is 3.88. The molecule has 0 aromatic carbocycles. The summed E-state index contributed by atoms with van der Waals surface area (Å²) in [7, 11) is 0.